The van der Waals surface area contributed by atoms with E-state index in [-0.39, 0.29) is 18.4 Å². The first-order valence-corrected chi connectivity index (χ1v) is 8.95. The van der Waals surface area contributed by atoms with E-state index in [2.05, 4.69) is 5.32 Å². The minimum Gasteiger partial charge on any atom is -0.497 e. The number of hydrogen-bond donors (Lipinski definition) is 1. The van der Waals surface area contributed by atoms with Crippen molar-refractivity contribution in [3.8, 4) is 11.5 Å². The minimum absolute atomic E-state index is 0.0736. The van der Waals surface area contributed by atoms with Crippen molar-refractivity contribution in [3.63, 3.8) is 0 Å². The SMILES string of the molecule is CCN(CC(=O)Nc1cccc(OC)c1)C(=O)C(C)Oc1cccc(Cl)c1. The predicted molar refractivity (Wildman–Crippen MR) is 105 cm³/mol. The van der Waals surface area contributed by atoms with E-state index in [1.165, 1.54) is 4.90 Å². The third-order valence-corrected chi connectivity index (χ3v) is 4.07. The number of amides is 2. The van der Waals surface area contributed by atoms with Gasteiger partial charge in [-0.05, 0) is 44.2 Å². The largest absolute Gasteiger partial charge is 0.497 e. The lowest BCUT2D eigenvalue weighted by molar-refractivity contribution is -0.140. The molecule has 1 atom stereocenters. The number of methoxy groups -OCH3 is 1. The lowest BCUT2D eigenvalue weighted by Crippen LogP contribution is -2.44. The zero-order valence-corrected chi connectivity index (χ0v) is 16.3. The highest BCUT2D eigenvalue weighted by molar-refractivity contribution is 6.30. The van der Waals surface area contributed by atoms with Gasteiger partial charge in [0.05, 0.1) is 13.7 Å². The van der Waals surface area contributed by atoms with E-state index in [1.54, 1.807) is 62.6 Å². The van der Waals surface area contributed by atoms with E-state index in [0.717, 1.165) is 0 Å². The van der Waals surface area contributed by atoms with Gasteiger partial charge in [0, 0.05) is 23.3 Å². The molecule has 0 heterocycles. The Labute approximate surface area is 164 Å². The topological polar surface area (TPSA) is 67.9 Å². The van der Waals surface area contributed by atoms with Crippen LogP contribution in [0, 0.1) is 0 Å². The first-order valence-electron chi connectivity index (χ1n) is 8.57. The molecule has 27 heavy (non-hydrogen) atoms. The van der Waals surface area contributed by atoms with Crippen LogP contribution in [0.4, 0.5) is 5.69 Å². The molecule has 0 aliphatic carbocycles. The second-order valence-corrected chi connectivity index (χ2v) is 6.29. The Morgan fingerprint density at radius 2 is 1.85 bits per heavy atom. The van der Waals surface area contributed by atoms with E-state index >= 15 is 0 Å². The van der Waals surface area contributed by atoms with Crippen molar-refractivity contribution in [2.24, 2.45) is 0 Å². The van der Waals surface area contributed by atoms with Crippen LogP contribution in [0.25, 0.3) is 0 Å². The number of ether oxygens (including phenoxy) is 2. The summed E-state index contributed by atoms with van der Waals surface area (Å²) in [6.07, 6.45) is -0.743. The van der Waals surface area contributed by atoms with Crippen LogP contribution < -0.4 is 14.8 Å². The summed E-state index contributed by atoms with van der Waals surface area (Å²) in [5.74, 6) is 0.562. The molecule has 6 nitrogen and oxygen atoms in total. The number of likely N-dealkylation sites (N-methyl/N-ethyl adjacent to an activating group) is 1. The minimum atomic E-state index is -0.743. The molecule has 0 radical (unpaired) electrons. The van der Waals surface area contributed by atoms with Crippen LogP contribution in [-0.4, -0.2) is 43.0 Å². The van der Waals surface area contributed by atoms with Gasteiger partial charge in [0.15, 0.2) is 6.10 Å². The smallest absolute Gasteiger partial charge is 0.263 e. The molecule has 1 unspecified atom stereocenters. The molecule has 0 fully saturated rings. The van der Waals surface area contributed by atoms with Gasteiger partial charge in [0.2, 0.25) is 5.91 Å². The van der Waals surface area contributed by atoms with Crippen molar-refractivity contribution in [1.29, 1.82) is 0 Å². The summed E-state index contributed by atoms with van der Waals surface area (Å²) in [6.45, 7) is 3.76. The maximum atomic E-state index is 12.6. The number of nitrogens with one attached hydrogen (secondary N) is 1. The fraction of sp³-hybridized carbons (Fsp3) is 0.300. The number of halogens is 1. The molecule has 0 bridgehead atoms. The maximum absolute atomic E-state index is 12.6. The number of benzene rings is 2. The summed E-state index contributed by atoms with van der Waals surface area (Å²) >= 11 is 5.93. The van der Waals surface area contributed by atoms with Gasteiger partial charge >= 0.3 is 0 Å². The number of carbonyl (C=O) groups excluding carboxylic acids is 2. The Bertz CT molecular complexity index is 797. The molecule has 2 rings (SSSR count). The van der Waals surface area contributed by atoms with E-state index < -0.39 is 6.10 Å². The van der Waals surface area contributed by atoms with Gasteiger partial charge < -0.3 is 19.7 Å². The van der Waals surface area contributed by atoms with Crippen LogP contribution in [-0.2, 0) is 9.59 Å². The molecule has 0 aliphatic rings. The molecule has 2 aromatic carbocycles. The molecule has 0 spiro atoms. The van der Waals surface area contributed by atoms with Gasteiger partial charge in [0.25, 0.3) is 5.91 Å². The lowest BCUT2D eigenvalue weighted by atomic mass is 10.3. The van der Waals surface area contributed by atoms with Crippen molar-refractivity contribution in [2.45, 2.75) is 20.0 Å². The summed E-state index contributed by atoms with van der Waals surface area (Å²) in [6, 6.07) is 13.9. The summed E-state index contributed by atoms with van der Waals surface area (Å²) in [4.78, 5) is 26.4. The Morgan fingerprint density at radius 3 is 2.52 bits per heavy atom. The molecule has 0 aliphatic heterocycles. The van der Waals surface area contributed by atoms with Crippen molar-refractivity contribution in [2.75, 3.05) is 25.5 Å². The third-order valence-electron chi connectivity index (χ3n) is 3.84. The average molecular weight is 391 g/mol. The van der Waals surface area contributed by atoms with Crippen molar-refractivity contribution in [1.82, 2.24) is 4.90 Å². The summed E-state index contributed by atoms with van der Waals surface area (Å²) in [5.41, 5.74) is 0.603. The number of hydrogen-bond acceptors (Lipinski definition) is 4. The van der Waals surface area contributed by atoms with E-state index in [4.69, 9.17) is 21.1 Å². The quantitative estimate of drug-likeness (QED) is 0.747. The molecule has 7 heteroatoms. The summed E-state index contributed by atoms with van der Waals surface area (Å²) in [5, 5.41) is 3.29. The molecule has 0 aromatic heterocycles. The average Bonchev–Trinajstić information content (AvgIpc) is 2.65. The van der Waals surface area contributed by atoms with Crippen LogP contribution in [0.15, 0.2) is 48.5 Å². The third kappa shape index (κ3) is 6.18. The molecular formula is C20H23ClN2O4. The Kier molecular flexibility index (Phi) is 7.49. The van der Waals surface area contributed by atoms with Crippen LogP contribution >= 0.6 is 11.6 Å². The van der Waals surface area contributed by atoms with E-state index in [1.807, 2.05) is 6.92 Å². The fourth-order valence-corrected chi connectivity index (χ4v) is 2.65. The summed E-state index contributed by atoms with van der Waals surface area (Å²) < 4.78 is 10.8. The number of nitrogens with zero attached hydrogens (tertiary/aromatic N) is 1. The molecule has 0 saturated carbocycles. The van der Waals surface area contributed by atoms with E-state index in [0.29, 0.717) is 28.8 Å². The van der Waals surface area contributed by atoms with Gasteiger partial charge in [-0.1, -0.05) is 23.7 Å². The highest BCUT2D eigenvalue weighted by Crippen LogP contribution is 2.19. The van der Waals surface area contributed by atoms with Crippen molar-refractivity contribution < 1.29 is 19.1 Å². The molecule has 1 N–H and O–H groups in total. The van der Waals surface area contributed by atoms with Gasteiger partial charge in [-0.25, -0.2) is 0 Å². The molecular weight excluding hydrogens is 368 g/mol. The van der Waals surface area contributed by atoms with Gasteiger partial charge in [-0.2, -0.15) is 0 Å². The fourth-order valence-electron chi connectivity index (χ4n) is 2.47. The molecule has 2 amide bonds. The van der Waals surface area contributed by atoms with Gasteiger partial charge in [-0.3, -0.25) is 9.59 Å². The monoisotopic (exact) mass is 390 g/mol. The summed E-state index contributed by atoms with van der Waals surface area (Å²) in [7, 11) is 1.56. The van der Waals surface area contributed by atoms with Crippen LogP contribution in [0.1, 0.15) is 13.8 Å². The van der Waals surface area contributed by atoms with Crippen LogP contribution in [0.3, 0.4) is 0 Å². The highest BCUT2D eigenvalue weighted by atomic mass is 35.5. The molecule has 2 aromatic rings. The molecule has 144 valence electrons. The highest BCUT2D eigenvalue weighted by Gasteiger charge is 2.23. The standard InChI is InChI=1S/C20H23ClN2O4/c1-4-23(13-19(24)22-16-8-6-9-17(12-16)26-3)20(25)14(2)27-18-10-5-7-15(21)11-18/h5-12,14H,4,13H2,1-3H3,(H,22,24). The van der Waals surface area contributed by atoms with Crippen LogP contribution in [0.5, 0.6) is 11.5 Å². The normalized spacial score (nSPS) is 11.4. The zero-order chi connectivity index (χ0) is 19.8. The van der Waals surface area contributed by atoms with Gasteiger partial charge in [-0.15, -0.1) is 0 Å². The number of rotatable bonds is 8. The second kappa shape index (κ2) is 9.83. The van der Waals surface area contributed by atoms with E-state index in [9.17, 15) is 9.59 Å². The second-order valence-electron chi connectivity index (χ2n) is 5.85. The maximum Gasteiger partial charge on any atom is 0.263 e. The Balaban J connectivity index is 1.95. The number of carbonyl (C=O) groups is 2. The first-order chi connectivity index (χ1) is 12.9. The van der Waals surface area contributed by atoms with Gasteiger partial charge in [0.1, 0.15) is 11.5 Å². The number of anilines is 1. The van der Waals surface area contributed by atoms with Crippen LogP contribution in [0.2, 0.25) is 5.02 Å². The molecule has 0 saturated heterocycles. The predicted octanol–water partition coefficient (Wildman–Crippen LogP) is 3.60. The first kappa shape index (κ1) is 20.6. The Hall–Kier alpha value is -2.73. The lowest BCUT2D eigenvalue weighted by Gasteiger charge is -2.24. The van der Waals surface area contributed by atoms with Crippen molar-refractivity contribution in [3.05, 3.63) is 53.6 Å². The van der Waals surface area contributed by atoms with Crippen molar-refractivity contribution >= 4 is 29.1 Å². The zero-order valence-electron chi connectivity index (χ0n) is 15.6. The Morgan fingerprint density at radius 1 is 1.15 bits per heavy atom.